The number of halogens is 4. The zero-order valence-corrected chi connectivity index (χ0v) is 16.8. The Hall–Kier alpha value is -3.10. The summed E-state index contributed by atoms with van der Waals surface area (Å²) < 4.78 is 40.6. The van der Waals surface area contributed by atoms with Gasteiger partial charge in [-0.15, -0.1) is 11.3 Å². The van der Waals surface area contributed by atoms with Crippen LogP contribution in [-0.4, -0.2) is 16.0 Å². The van der Waals surface area contributed by atoms with Crippen LogP contribution < -0.4 is 5.43 Å². The molecule has 30 heavy (non-hydrogen) atoms. The lowest BCUT2D eigenvalue weighted by molar-refractivity contribution is -0.137. The van der Waals surface area contributed by atoms with E-state index in [0.717, 1.165) is 28.4 Å². The van der Waals surface area contributed by atoms with Gasteiger partial charge in [-0.1, -0.05) is 35.9 Å². The lowest BCUT2D eigenvalue weighted by Gasteiger charge is -2.09. The third-order valence-corrected chi connectivity index (χ3v) is 5.41. The van der Waals surface area contributed by atoms with Gasteiger partial charge in [0.25, 0.3) is 0 Å². The van der Waals surface area contributed by atoms with E-state index >= 15 is 0 Å². The van der Waals surface area contributed by atoms with Crippen molar-refractivity contribution in [3.63, 3.8) is 0 Å². The van der Waals surface area contributed by atoms with Crippen molar-refractivity contribution < 1.29 is 13.2 Å². The molecule has 4 rings (SSSR count). The van der Waals surface area contributed by atoms with Gasteiger partial charge in [0.15, 0.2) is 0 Å². The second-order valence-electron chi connectivity index (χ2n) is 6.25. The zero-order valence-electron chi connectivity index (χ0n) is 15.3. The predicted octanol–water partition coefficient (Wildman–Crippen LogP) is 6.72. The number of nitrogens with zero attached hydrogens (tertiary/aromatic N) is 3. The Morgan fingerprint density at radius 3 is 2.57 bits per heavy atom. The van der Waals surface area contributed by atoms with E-state index in [4.69, 9.17) is 11.6 Å². The van der Waals surface area contributed by atoms with Crippen LogP contribution in [0.4, 0.5) is 18.9 Å². The quantitative estimate of drug-likeness (QED) is 0.273. The van der Waals surface area contributed by atoms with Crippen molar-refractivity contribution in [2.24, 2.45) is 5.10 Å². The maximum atomic E-state index is 12.9. The predicted molar refractivity (Wildman–Crippen MR) is 115 cm³/mol. The van der Waals surface area contributed by atoms with Gasteiger partial charge in [-0.3, -0.25) is 5.43 Å². The molecule has 2 aromatic heterocycles. The van der Waals surface area contributed by atoms with E-state index in [0.29, 0.717) is 5.56 Å². The number of aromatic nitrogens is 2. The average molecular weight is 447 g/mol. The first-order valence-electron chi connectivity index (χ1n) is 8.76. The lowest BCUT2D eigenvalue weighted by atomic mass is 10.2. The van der Waals surface area contributed by atoms with Gasteiger partial charge in [0.1, 0.15) is 5.69 Å². The number of hydrazone groups is 1. The highest BCUT2D eigenvalue weighted by molar-refractivity contribution is 7.13. The minimum atomic E-state index is -4.46. The summed E-state index contributed by atoms with van der Waals surface area (Å²) in [5, 5.41) is 10.8. The molecule has 0 unspecified atom stereocenters. The lowest BCUT2D eigenvalue weighted by Crippen LogP contribution is -2.05. The number of hydrogen-bond donors (Lipinski definition) is 1. The smallest absolute Gasteiger partial charge is 0.277 e. The summed E-state index contributed by atoms with van der Waals surface area (Å²) in [5.41, 5.74) is 4.16. The van der Waals surface area contributed by atoms with Crippen molar-refractivity contribution in [2.75, 3.05) is 5.43 Å². The Bertz CT molecular complexity index is 1170. The van der Waals surface area contributed by atoms with Gasteiger partial charge in [-0.2, -0.15) is 23.4 Å². The zero-order chi connectivity index (χ0) is 21.1. The molecule has 0 saturated heterocycles. The maximum absolute atomic E-state index is 12.9. The second-order valence-corrected chi connectivity index (χ2v) is 7.61. The molecule has 0 aliphatic heterocycles. The largest absolute Gasteiger partial charge is 0.416 e. The number of alkyl halides is 3. The van der Waals surface area contributed by atoms with Crippen molar-refractivity contribution in [1.29, 1.82) is 0 Å². The van der Waals surface area contributed by atoms with Crippen LogP contribution >= 0.6 is 22.9 Å². The molecular formula is C21H14ClF3N4S. The topological polar surface area (TPSA) is 42.2 Å². The molecule has 0 aliphatic rings. The summed E-state index contributed by atoms with van der Waals surface area (Å²) >= 11 is 7.54. The summed E-state index contributed by atoms with van der Waals surface area (Å²) in [6, 6.07) is 16.5. The molecule has 0 spiro atoms. The number of rotatable bonds is 5. The van der Waals surface area contributed by atoms with Crippen LogP contribution in [0.1, 0.15) is 11.1 Å². The van der Waals surface area contributed by atoms with Crippen LogP contribution in [-0.2, 0) is 6.18 Å². The van der Waals surface area contributed by atoms with Gasteiger partial charge in [-0.05, 0) is 41.8 Å². The Kier molecular flexibility index (Phi) is 5.61. The number of para-hydroxylation sites is 1. The normalized spacial score (nSPS) is 11.9. The van der Waals surface area contributed by atoms with Gasteiger partial charge in [-0.25, -0.2) is 4.68 Å². The molecule has 2 aromatic carbocycles. The molecule has 9 heteroatoms. The molecule has 1 N–H and O–H groups in total. The molecule has 2 heterocycles. The van der Waals surface area contributed by atoms with Gasteiger partial charge >= 0.3 is 6.18 Å². The Labute approximate surface area is 179 Å². The van der Waals surface area contributed by atoms with Crippen molar-refractivity contribution in [2.45, 2.75) is 6.18 Å². The number of nitrogens with one attached hydrogen (secondary N) is 1. The van der Waals surface area contributed by atoms with E-state index in [1.807, 2.05) is 54.0 Å². The molecule has 0 amide bonds. The van der Waals surface area contributed by atoms with Crippen molar-refractivity contribution in [3.05, 3.63) is 88.4 Å². The van der Waals surface area contributed by atoms with Crippen molar-refractivity contribution >= 4 is 34.8 Å². The van der Waals surface area contributed by atoms with E-state index in [-0.39, 0.29) is 10.7 Å². The standard InChI is InChI=1S/C21H14ClF3N4S/c22-17-9-8-15(21(23,24)25)11-18(17)27-26-12-14-13-29(16-5-2-1-3-6-16)28-20(14)19-7-4-10-30-19/h1-13,27H. The van der Waals surface area contributed by atoms with E-state index in [2.05, 4.69) is 15.6 Å². The molecule has 0 aliphatic carbocycles. The molecule has 4 aromatic rings. The van der Waals surface area contributed by atoms with E-state index < -0.39 is 11.7 Å². The van der Waals surface area contributed by atoms with Crippen LogP contribution in [0.15, 0.2) is 77.3 Å². The van der Waals surface area contributed by atoms with Gasteiger partial charge in [0.2, 0.25) is 0 Å². The van der Waals surface area contributed by atoms with Crippen molar-refractivity contribution in [3.8, 4) is 16.3 Å². The first kappa shape index (κ1) is 20.2. The molecule has 0 radical (unpaired) electrons. The number of hydrogen-bond acceptors (Lipinski definition) is 4. The second kappa shape index (κ2) is 8.33. The highest BCUT2D eigenvalue weighted by atomic mass is 35.5. The third-order valence-electron chi connectivity index (χ3n) is 4.20. The highest BCUT2D eigenvalue weighted by Gasteiger charge is 2.30. The van der Waals surface area contributed by atoms with Crippen LogP contribution in [0.5, 0.6) is 0 Å². The van der Waals surface area contributed by atoms with Gasteiger partial charge < -0.3 is 0 Å². The van der Waals surface area contributed by atoms with E-state index in [1.54, 1.807) is 4.68 Å². The summed E-state index contributed by atoms with van der Waals surface area (Å²) in [4.78, 5) is 0.947. The van der Waals surface area contributed by atoms with Crippen LogP contribution in [0.25, 0.3) is 16.3 Å². The first-order valence-corrected chi connectivity index (χ1v) is 10.0. The summed E-state index contributed by atoms with van der Waals surface area (Å²) in [5.74, 6) is 0. The first-order chi connectivity index (χ1) is 14.4. The minimum Gasteiger partial charge on any atom is -0.277 e. The van der Waals surface area contributed by atoms with Crippen molar-refractivity contribution in [1.82, 2.24) is 9.78 Å². The molecule has 152 valence electrons. The third kappa shape index (κ3) is 4.39. The summed E-state index contributed by atoms with van der Waals surface area (Å²) in [6.45, 7) is 0. The molecule has 0 atom stereocenters. The Morgan fingerprint density at radius 2 is 1.87 bits per heavy atom. The van der Waals surface area contributed by atoms with Gasteiger partial charge in [0.05, 0.1) is 33.1 Å². The van der Waals surface area contributed by atoms with Crippen LogP contribution in [0.3, 0.4) is 0 Å². The highest BCUT2D eigenvalue weighted by Crippen LogP contribution is 2.34. The number of anilines is 1. The SMILES string of the molecule is FC(F)(F)c1ccc(Cl)c(NN=Cc2cn(-c3ccccc3)nc2-c2cccs2)c1. The van der Waals surface area contributed by atoms with Gasteiger partial charge in [0, 0.05) is 11.8 Å². The number of thiophene rings is 1. The summed E-state index contributed by atoms with van der Waals surface area (Å²) in [7, 11) is 0. The van der Waals surface area contributed by atoms with E-state index in [9.17, 15) is 13.2 Å². The minimum absolute atomic E-state index is 0.0656. The number of benzene rings is 2. The fourth-order valence-corrected chi connectivity index (χ4v) is 3.65. The fraction of sp³-hybridized carbons (Fsp3) is 0.0476. The average Bonchev–Trinajstić information content (AvgIpc) is 3.39. The van der Waals surface area contributed by atoms with Crippen LogP contribution in [0, 0.1) is 0 Å². The Morgan fingerprint density at radius 1 is 1.07 bits per heavy atom. The molecule has 4 nitrogen and oxygen atoms in total. The molecule has 0 saturated carbocycles. The Balaban J connectivity index is 1.65. The molecule has 0 fully saturated rings. The molecule has 0 bridgehead atoms. The maximum Gasteiger partial charge on any atom is 0.416 e. The monoisotopic (exact) mass is 446 g/mol. The molecular weight excluding hydrogens is 433 g/mol. The fourth-order valence-electron chi connectivity index (χ4n) is 2.76. The van der Waals surface area contributed by atoms with E-state index in [1.165, 1.54) is 23.6 Å². The summed E-state index contributed by atoms with van der Waals surface area (Å²) in [6.07, 6.45) is -1.14. The van der Waals surface area contributed by atoms with Crippen LogP contribution in [0.2, 0.25) is 5.02 Å².